The summed E-state index contributed by atoms with van der Waals surface area (Å²) >= 11 is 6.12. The van der Waals surface area contributed by atoms with Crippen molar-refractivity contribution in [2.45, 2.75) is 31.0 Å². The van der Waals surface area contributed by atoms with Crippen molar-refractivity contribution in [3.05, 3.63) is 29.3 Å². The highest BCUT2D eigenvalue weighted by molar-refractivity contribution is 6.34. The zero-order valence-electron chi connectivity index (χ0n) is 12.0. The van der Waals surface area contributed by atoms with Gasteiger partial charge in [-0.25, -0.2) is 0 Å². The molecular formula is C15H18ClN3O3. The van der Waals surface area contributed by atoms with E-state index >= 15 is 0 Å². The summed E-state index contributed by atoms with van der Waals surface area (Å²) in [6, 6.07) is 6.19. The highest BCUT2D eigenvalue weighted by atomic mass is 35.5. The van der Waals surface area contributed by atoms with Crippen LogP contribution >= 0.6 is 11.6 Å². The molecule has 2 aliphatic rings. The molecule has 7 heteroatoms. The monoisotopic (exact) mass is 323 g/mol. The van der Waals surface area contributed by atoms with Crippen molar-refractivity contribution in [2.24, 2.45) is 0 Å². The molecule has 2 heterocycles. The molecule has 3 rings (SSSR count). The second kappa shape index (κ2) is 6.24. The molecule has 118 valence electrons. The van der Waals surface area contributed by atoms with E-state index in [9.17, 15) is 14.7 Å². The van der Waals surface area contributed by atoms with Crippen molar-refractivity contribution in [3.63, 3.8) is 0 Å². The predicted octanol–water partition coefficient (Wildman–Crippen LogP) is 0.284. The van der Waals surface area contributed by atoms with E-state index in [1.807, 2.05) is 12.1 Å². The van der Waals surface area contributed by atoms with Crippen LogP contribution in [0.5, 0.6) is 0 Å². The lowest BCUT2D eigenvalue weighted by Crippen LogP contribution is -2.48. The molecule has 2 aliphatic heterocycles. The molecular weight excluding hydrogens is 306 g/mol. The molecule has 0 spiro atoms. The van der Waals surface area contributed by atoms with E-state index in [0.29, 0.717) is 36.6 Å². The molecule has 2 fully saturated rings. The number of rotatable bonds is 3. The van der Waals surface area contributed by atoms with Gasteiger partial charge < -0.3 is 20.6 Å². The lowest BCUT2D eigenvalue weighted by atomic mass is 10.1. The van der Waals surface area contributed by atoms with Crippen molar-refractivity contribution in [1.29, 1.82) is 0 Å². The molecule has 2 saturated heterocycles. The van der Waals surface area contributed by atoms with E-state index < -0.39 is 18.2 Å². The van der Waals surface area contributed by atoms with Gasteiger partial charge in [0.05, 0.1) is 22.9 Å². The number of hydrogen-bond acceptors (Lipinski definition) is 4. The number of amides is 2. The molecule has 0 unspecified atom stereocenters. The van der Waals surface area contributed by atoms with Gasteiger partial charge in [0, 0.05) is 13.1 Å². The Hall–Kier alpha value is -1.63. The van der Waals surface area contributed by atoms with Crippen LogP contribution in [0.15, 0.2) is 24.3 Å². The normalized spacial score (nSPS) is 28.2. The van der Waals surface area contributed by atoms with E-state index in [1.54, 1.807) is 17.0 Å². The maximum absolute atomic E-state index is 12.5. The molecule has 3 N–H and O–H groups in total. The number of para-hydroxylation sites is 1. The van der Waals surface area contributed by atoms with Crippen LogP contribution in [0.2, 0.25) is 5.02 Å². The molecule has 6 nitrogen and oxygen atoms in total. The standard InChI is InChI=1S/C15H18ClN3O3/c16-10-3-1-2-4-13(10)19-6-5-11(15(19)22)18-14(21)12-7-9(20)8-17-12/h1-4,9,11-12,17,20H,5-8H2,(H,18,21)/t9-,11-,12+/m1/s1. The van der Waals surface area contributed by atoms with Gasteiger partial charge in [-0.1, -0.05) is 23.7 Å². The SMILES string of the molecule is O=C(N[C@@H]1CCN(c2ccccc2Cl)C1=O)[C@@H]1C[C@@H](O)CN1. The van der Waals surface area contributed by atoms with Crippen LogP contribution < -0.4 is 15.5 Å². The zero-order chi connectivity index (χ0) is 15.7. The maximum Gasteiger partial charge on any atom is 0.249 e. The highest BCUT2D eigenvalue weighted by Crippen LogP contribution is 2.29. The van der Waals surface area contributed by atoms with Crippen LogP contribution in [0.1, 0.15) is 12.8 Å². The molecule has 0 aromatic heterocycles. The molecule has 1 aromatic carbocycles. The highest BCUT2D eigenvalue weighted by Gasteiger charge is 2.37. The fraction of sp³-hybridized carbons (Fsp3) is 0.467. The topological polar surface area (TPSA) is 81.7 Å². The maximum atomic E-state index is 12.5. The third-order valence-corrected chi connectivity index (χ3v) is 4.41. The van der Waals surface area contributed by atoms with Crippen molar-refractivity contribution in [3.8, 4) is 0 Å². The van der Waals surface area contributed by atoms with Gasteiger partial charge in [-0.15, -0.1) is 0 Å². The largest absolute Gasteiger partial charge is 0.392 e. The fourth-order valence-electron chi connectivity index (χ4n) is 2.91. The van der Waals surface area contributed by atoms with Gasteiger partial charge in [-0.3, -0.25) is 9.59 Å². The number of anilines is 1. The van der Waals surface area contributed by atoms with Crippen LogP contribution in [0.4, 0.5) is 5.69 Å². The van der Waals surface area contributed by atoms with Gasteiger partial charge in [-0.2, -0.15) is 0 Å². The van der Waals surface area contributed by atoms with Crippen LogP contribution in [0, 0.1) is 0 Å². The van der Waals surface area contributed by atoms with Crippen LogP contribution in [0.25, 0.3) is 0 Å². The summed E-state index contributed by atoms with van der Waals surface area (Å²) in [7, 11) is 0. The number of nitrogens with one attached hydrogen (secondary N) is 2. The van der Waals surface area contributed by atoms with E-state index in [0.717, 1.165) is 0 Å². The van der Waals surface area contributed by atoms with E-state index in [-0.39, 0.29) is 11.8 Å². The Morgan fingerprint density at radius 2 is 2.18 bits per heavy atom. The fourth-order valence-corrected chi connectivity index (χ4v) is 3.15. The molecule has 1 aromatic rings. The van der Waals surface area contributed by atoms with Crippen molar-refractivity contribution in [2.75, 3.05) is 18.0 Å². The molecule has 0 bridgehead atoms. The van der Waals surface area contributed by atoms with Crippen molar-refractivity contribution < 1.29 is 14.7 Å². The Bertz CT molecular complexity index is 595. The Balaban J connectivity index is 1.64. The van der Waals surface area contributed by atoms with Gasteiger partial charge in [0.25, 0.3) is 0 Å². The third-order valence-electron chi connectivity index (χ3n) is 4.09. The first kappa shape index (κ1) is 15.3. The Morgan fingerprint density at radius 3 is 2.86 bits per heavy atom. The Kier molecular flexibility index (Phi) is 4.33. The third kappa shape index (κ3) is 2.95. The lowest BCUT2D eigenvalue weighted by Gasteiger charge is -2.19. The summed E-state index contributed by atoms with van der Waals surface area (Å²) in [5, 5.41) is 15.7. The van der Waals surface area contributed by atoms with Gasteiger partial charge >= 0.3 is 0 Å². The number of benzene rings is 1. The second-order valence-corrected chi connectivity index (χ2v) is 6.05. The minimum atomic E-state index is -0.539. The summed E-state index contributed by atoms with van der Waals surface area (Å²) in [4.78, 5) is 26.2. The van der Waals surface area contributed by atoms with Crippen molar-refractivity contribution in [1.82, 2.24) is 10.6 Å². The zero-order valence-corrected chi connectivity index (χ0v) is 12.7. The molecule has 22 heavy (non-hydrogen) atoms. The van der Waals surface area contributed by atoms with E-state index in [2.05, 4.69) is 10.6 Å². The summed E-state index contributed by atoms with van der Waals surface area (Å²) in [6.07, 6.45) is 0.418. The molecule has 0 aliphatic carbocycles. The smallest absolute Gasteiger partial charge is 0.249 e. The summed E-state index contributed by atoms with van der Waals surface area (Å²) in [6.45, 7) is 0.927. The van der Waals surface area contributed by atoms with E-state index in [1.165, 1.54) is 0 Å². The number of β-amino-alcohol motifs (C(OH)–C–C–N with tert-alkyl or cyclic N) is 1. The second-order valence-electron chi connectivity index (χ2n) is 5.64. The van der Waals surface area contributed by atoms with Gasteiger partial charge in [-0.05, 0) is 25.0 Å². The minimum absolute atomic E-state index is 0.153. The first-order chi connectivity index (χ1) is 10.6. The Labute approximate surface area is 133 Å². The Morgan fingerprint density at radius 1 is 1.41 bits per heavy atom. The van der Waals surface area contributed by atoms with Crippen LogP contribution in [0.3, 0.4) is 0 Å². The number of aliphatic hydroxyl groups excluding tert-OH is 1. The summed E-state index contributed by atoms with van der Waals surface area (Å²) < 4.78 is 0. The van der Waals surface area contributed by atoms with E-state index in [4.69, 9.17) is 11.6 Å². The number of hydrogen-bond donors (Lipinski definition) is 3. The first-order valence-electron chi connectivity index (χ1n) is 7.34. The molecule has 0 saturated carbocycles. The summed E-state index contributed by atoms with van der Waals surface area (Å²) in [5.41, 5.74) is 0.667. The quantitative estimate of drug-likeness (QED) is 0.746. The molecule has 0 radical (unpaired) electrons. The number of carbonyl (C=O) groups excluding carboxylic acids is 2. The number of nitrogens with zero attached hydrogens (tertiary/aromatic N) is 1. The summed E-state index contributed by atoms with van der Waals surface area (Å²) in [5.74, 6) is -0.393. The van der Waals surface area contributed by atoms with Gasteiger partial charge in [0.15, 0.2) is 0 Å². The van der Waals surface area contributed by atoms with Crippen LogP contribution in [-0.2, 0) is 9.59 Å². The minimum Gasteiger partial charge on any atom is -0.392 e. The average Bonchev–Trinajstić information content (AvgIpc) is 3.07. The van der Waals surface area contributed by atoms with Gasteiger partial charge in [0.2, 0.25) is 11.8 Å². The predicted molar refractivity (Wildman–Crippen MR) is 82.8 cm³/mol. The number of halogens is 1. The number of carbonyl (C=O) groups is 2. The number of aliphatic hydroxyl groups is 1. The molecule has 2 amide bonds. The van der Waals surface area contributed by atoms with Gasteiger partial charge in [0.1, 0.15) is 6.04 Å². The lowest BCUT2D eigenvalue weighted by molar-refractivity contribution is -0.127. The average molecular weight is 324 g/mol. The van der Waals surface area contributed by atoms with Crippen LogP contribution in [-0.4, -0.2) is 48.2 Å². The van der Waals surface area contributed by atoms with Crippen molar-refractivity contribution >= 4 is 29.1 Å². The first-order valence-corrected chi connectivity index (χ1v) is 7.72. The molecule has 3 atom stereocenters.